The van der Waals surface area contributed by atoms with Crippen molar-refractivity contribution in [2.75, 3.05) is 13.2 Å². The highest BCUT2D eigenvalue weighted by Crippen LogP contribution is 2.29. The third-order valence-electron chi connectivity index (χ3n) is 3.06. The molecule has 1 unspecified atom stereocenters. The first-order valence-corrected chi connectivity index (χ1v) is 6.31. The first-order chi connectivity index (χ1) is 8.16. The van der Waals surface area contributed by atoms with E-state index in [1.807, 2.05) is 6.92 Å². The van der Waals surface area contributed by atoms with Gasteiger partial charge in [0.1, 0.15) is 0 Å². The van der Waals surface area contributed by atoms with Crippen molar-refractivity contribution in [1.82, 2.24) is 15.5 Å². The molecule has 2 rings (SSSR count). The zero-order valence-electron chi connectivity index (χ0n) is 10.8. The second-order valence-corrected chi connectivity index (χ2v) is 4.93. The molecule has 5 nitrogen and oxygen atoms in total. The van der Waals surface area contributed by atoms with Crippen LogP contribution in [-0.4, -0.2) is 29.4 Å². The van der Waals surface area contributed by atoms with Crippen LogP contribution in [0.1, 0.15) is 44.4 Å². The summed E-state index contributed by atoms with van der Waals surface area (Å²) in [5.74, 6) is 1.93. The summed E-state index contributed by atoms with van der Waals surface area (Å²) < 4.78 is 10.7. The summed E-state index contributed by atoms with van der Waals surface area (Å²) >= 11 is 0. The fourth-order valence-electron chi connectivity index (χ4n) is 2.26. The zero-order valence-corrected chi connectivity index (χ0v) is 10.8. The van der Waals surface area contributed by atoms with Gasteiger partial charge in [-0.2, -0.15) is 4.98 Å². The Morgan fingerprint density at radius 1 is 1.29 bits per heavy atom. The largest absolute Gasteiger partial charge is 0.381 e. The van der Waals surface area contributed by atoms with Crippen LogP contribution in [0.3, 0.4) is 0 Å². The molecule has 96 valence electrons. The standard InChI is InChI=1S/C12H21N3O2/c1-8(2)13-11(10-4-6-16-7-5-10)12-14-9(3)15-17-12/h8,10-11,13H,4-7H2,1-3H3. The maximum absolute atomic E-state index is 5.40. The summed E-state index contributed by atoms with van der Waals surface area (Å²) in [4.78, 5) is 4.36. The van der Waals surface area contributed by atoms with Crippen molar-refractivity contribution in [1.29, 1.82) is 0 Å². The van der Waals surface area contributed by atoms with E-state index in [1.54, 1.807) is 0 Å². The van der Waals surface area contributed by atoms with E-state index in [4.69, 9.17) is 9.26 Å². The van der Waals surface area contributed by atoms with Crippen LogP contribution in [0, 0.1) is 12.8 Å². The van der Waals surface area contributed by atoms with Crippen molar-refractivity contribution in [3.63, 3.8) is 0 Å². The molecule has 0 spiro atoms. The molecule has 1 aromatic heterocycles. The molecule has 0 amide bonds. The van der Waals surface area contributed by atoms with Gasteiger partial charge in [-0.1, -0.05) is 19.0 Å². The second-order valence-electron chi connectivity index (χ2n) is 4.93. The fourth-order valence-corrected chi connectivity index (χ4v) is 2.26. The Morgan fingerprint density at radius 2 is 2.00 bits per heavy atom. The van der Waals surface area contributed by atoms with Gasteiger partial charge in [0, 0.05) is 19.3 Å². The van der Waals surface area contributed by atoms with E-state index in [2.05, 4.69) is 29.3 Å². The van der Waals surface area contributed by atoms with Gasteiger partial charge in [-0.05, 0) is 25.7 Å². The van der Waals surface area contributed by atoms with E-state index in [9.17, 15) is 0 Å². The van der Waals surface area contributed by atoms with Gasteiger partial charge in [-0.3, -0.25) is 0 Å². The number of hydrogen-bond acceptors (Lipinski definition) is 5. The maximum atomic E-state index is 5.40. The lowest BCUT2D eigenvalue weighted by atomic mass is 9.91. The van der Waals surface area contributed by atoms with Crippen molar-refractivity contribution < 1.29 is 9.26 Å². The van der Waals surface area contributed by atoms with E-state index >= 15 is 0 Å². The number of hydrogen-bond donors (Lipinski definition) is 1. The van der Waals surface area contributed by atoms with E-state index < -0.39 is 0 Å². The van der Waals surface area contributed by atoms with E-state index in [1.165, 1.54) is 0 Å². The predicted octanol–water partition coefficient (Wildman–Crippen LogP) is 1.84. The van der Waals surface area contributed by atoms with Crippen molar-refractivity contribution in [3.05, 3.63) is 11.7 Å². The first-order valence-electron chi connectivity index (χ1n) is 6.31. The predicted molar refractivity (Wildman–Crippen MR) is 63.6 cm³/mol. The van der Waals surface area contributed by atoms with Gasteiger partial charge in [-0.25, -0.2) is 0 Å². The Hall–Kier alpha value is -0.940. The summed E-state index contributed by atoms with van der Waals surface area (Å²) in [6.45, 7) is 7.77. The van der Waals surface area contributed by atoms with Crippen LogP contribution in [0.4, 0.5) is 0 Å². The number of nitrogens with zero attached hydrogens (tertiary/aromatic N) is 2. The zero-order chi connectivity index (χ0) is 12.3. The molecule has 1 saturated heterocycles. The molecule has 1 aliphatic heterocycles. The molecule has 0 bridgehead atoms. The topological polar surface area (TPSA) is 60.2 Å². The number of rotatable bonds is 4. The normalized spacial score (nSPS) is 19.8. The molecule has 0 saturated carbocycles. The minimum atomic E-state index is 0.153. The molecule has 0 aromatic carbocycles. The van der Waals surface area contributed by atoms with Crippen LogP contribution in [-0.2, 0) is 4.74 Å². The van der Waals surface area contributed by atoms with Crippen LogP contribution in [0.15, 0.2) is 4.52 Å². The lowest BCUT2D eigenvalue weighted by Crippen LogP contribution is -2.36. The summed E-state index contributed by atoms with van der Waals surface area (Å²) in [5.41, 5.74) is 0. The Bertz CT molecular complexity index is 345. The average Bonchev–Trinajstić information content (AvgIpc) is 2.73. The summed E-state index contributed by atoms with van der Waals surface area (Å²) in [7, 11) is 0. The van der Waals surface area contributed by atoms with E-state index in [-0.39, 0.29) is 6.04 Å². The molecule has 1 aliphatic rings. The van der Waals surface area contributed by atoms with E-state index in [0.29, 0.717) is 23.7 Å². The highest BCUT2D eigenvalue weighted by Gasteiger charge is 2.29. The van der Waals surface area contributed by atoms with Gasteiger partial charge in [0.15, 0.2) is 5.82 Å². The molecular weight excluding hydrogens is 218 g/mol. The second kappa shape index (κ2) is 5.60. The average molecular weight is 239 g/mol. The Labute approximate surface area is 102 Å². The maximum Gasteiger partial charge on any atom is 0.244 e. The summed E-state index contributed by atoms with van der Waals surface area (Å²) in [6, 6.07) is 0.551. The quantitative estimate of drug-likeness (QED) is 0.868. The van der Waals surface area contributed by atoms with Gasteiger partial charge in [0.05, 0.1) is 6.04 Å². The molecule has 0 aliphatic carbocycles. The monoisotopic (exact) mass is 239 g/mol. The van der Waals surface area contributed by atoms with Crippen molar-refractivity contribution in [2.45, 2.75) is 45.7 Å². The van der Waals surface area contributed by atoms with Crippen molar-refractivity contribution in [2.24, 2.45) is 5.92 Å². The molecule has 1 N–H and O–H groups in total. The smallest absolute Gasteiger partial charge is 0.244 e. The molecule has 5 heteroatoms. The van der Waals surface area contributed by atoms with Gasteiger partial charge in [-0.15, -0.1) is 0 Å². The van der Waals surface area contributed by atoms with Crippen LogP contribution >= 0.6 is 0 Å². The highest BCUT2D eigenvalue weighted by molar-refractivity contribution is 4.96. The van der Waals surface area contributed by atoms with Crippen LogP contribution < -0.4 is 5.32 Å². The molecule has 2 heterocycles. The molecule has 0 radical (unpaired) electrons. The van der Waals surface area contributed by atoms with Crippen molar-refractivity contribution in [3.8, 4) is 0 Å². The Morgan fingerprint density at radius 3 is 2.53 bits per heavy atom. The van der Waals surface area contributed by atoms with E-state index in [0.717, 1.165) is 26.1 Å². The third-order valence-corrected chi connectivity index (χ3v) is 3.06. The molecule has 1 fully saturated rings. The molecular formula is C12H21N3O2. The molecule has 17 heavy (non-hydrogen) atoms. The number of aryl methyl sites for hydroxylation is 1. The molecule has 1 aromatic rings. The van der Waals surface area contributed by atoms with Crippen LogP contribution in [0.5, 0.6) is 0 Å². The minimum absolute atomic E-state index is 0.153. The van der Waals surface area contributed by atoms with Gasteiger partial charge in [0.25, 0.3) is 0 Å². The SMILES string of the molecule is Cc1noc(C(NC(C)C)C2CCOCC2)n1. The van der Waals surface area contributed by atoms with Crippen LogP contribution in [0.2, 0.25) is 0 Å². The summed E-state index contributed by atoms with van der Waals surface area (Å²) in [5, 5.41) is 7.41. The lowest BCUT2D eigenvalue weighted by Gasteiger charge is -2.29. The molecule has 1 atom stereocenters. The Kier molecular flexibility index (Phi) is 4.12. The number of ether oxygens (including phenoxy) is 1. The number of aromatic nitrogens is 2. The summed E-state index contributed by atoms with van der Waals surface area (Å²) in [6.07, 6.45) is 2.09. The Balaban J connectivity index is 2.11. The van der Waals surface area contributed by atoms with Gasteiger partial charge < -0.3 is 14.6 Å². The first kappa shape index (κ1) is 12.5. The van der Waals surface area contributed by atoms with Crippen molar-refractivity contribution >= 4 is 0 Å². The highest BCUT2D eigenvalue weighted by atomic mass is 16.5. The third kappa shape index (κ3) is 3.26. The van der Waals surface area contributed by atoms with Gasteiger partial charge in [0.2, 0.25) is 5.89 Å². The lowest BCUT2D eigenvalue weighted by molar-refractivity contribution is 0.0475. The fraction of sp³-hybridized carbons (Fsp3) is 0.833. The van der Waals surface area contributed by atoms with Crippen LogP contribution in [0.25, 0.3) is 0 Å². The minimum Gasteiger partial charge on any atom is -0.381 e. The van der Waals surface area contributed by atoms with Gasteiger partial charge >= 0.3 is 0 Å². The number of nitrogens with one attached hydrogen (secondary N) is 1.